The van der Waals surface area contributed by atoms with Gasteiger partial charge in [-0.3, -0.25) is 0 Å². The molecule has 0 aliphatic carbocycles. The van der Waals surface area contributed by atoms with Crippen LogP contribution in [0.15, 0.2) is 18.2 Å². The molecule has 0 aromatic heterocycles. The predicted octanol–water partition coefficient (Wildman–Crippen LogP) is 3.88. The monoisotopic (exact) mass is 286 g/mol. The van der Waals surface area contributed by atoms with Crippen molar-refractivity contribution in [2.24, 2.45) is 0 Å². The first-order chi connectivity index (χ1) is 9.00. The Morgan fingerprint density at radius 2 is 2.21 bits per heavy atom. The Bertz CT molecular complexity index is 488. The molecule has 102 valence electrons. The van der Waals surface area contributed by atoms with E-state index in [4.69, 9.17) is 5.26 Å². The van der Waals surface area contributed by atoms with Gasteiger partial charge >= 0.3 is 6.18 Å². The first-order valence-corrected chi connectivity index (χ1v) is 7.02. The average Bonchev–Trinajstić information content (AvgIpc) is 2.88. The molecule has 1 unspecified atom stereocenters. The highest BCUT2D eigenvalue weighted by molar-refractivity contribution is 8.00. The number of hydrogen-bond acceptors (Lipinski definition) is 3. The summed E-state index contributed by atoms with van der Waals surface area (Å²) < 4.78 is 37.9. The summed E-state index contributed by atoms with van der Waals surface area (Å²) in [6.45, 7) is 0.723. The molecule has 2 rings (SSSR count). The van der Waals surface area contributed by atoms with Gasteiger partial charge in [-0.1, -0.05) is 0 Å². The minimum atomic E-state index is -4.48. The normalized spacial score (nSPS) is 19.2. The number of hydrogen-bond donors (Lipinski definition) is 1. The van der Waals surface area contributed by atoms with Crippen molar-refractivity contribution in [3.63, 3.8) is 0 Å². The zero-order chi connectivity index (χ0) is 13.9. The molecule has 1 aromatic carbocycles. The van der Waals surface area contributed by atoms with Gasteiger partial charge in [0.25, 0.3) is 0 Å². The summed E-state index contributed by atoms with van der Waals surface area (Å²) in [4.78, 5) is 0. The second-order valence-corrected chi connectivity index (χ2v) is 5.79. The van der Waals surface area contributed by atoms with E-state index in [-0.39, 0.29) is 5.56 Å². The molecule has 1 atom stereocenters. The molecular weight excluding hydrogens is 273 g/mol. The van der Waals surface area contributed by atoms with E-state index in [1.54, 1.807) is 6.07 Å². The van der Waals surface area contributed by atoms with E-state index in [2.05, 4.69) is 5.32 Å². The van der Waals surface area contributed by atoms with Crippen molar-refractivity contribution in [3.05, 3.63) is 29.3 Å². The molecule has 1 N–H and O–H groups in total. The van der Waals surface area contributed by atoms with Crippen LogP contribution in [-0.2, 0) is 6.18 Å². The summed E-state index contributed by atoms with van der Waals surface area (Å²) in [6, 6.07) is 5.21. The fourth-order valence-corrected chi connectivity index (χ4v) is 3.23. The smallest absolute Gasteiger partial charge is 0.384 e. The zero-order valence-corrected chi connectivity index (χ0v) is 10.9. The molecule has 1 aliphatic heterocycles. The number of nitriles is 1. The van der Waals surface area contributed by atoms with Gasteiger partial charge in [-0.2, -0.15) is 30.2 Å². The van der Waals surface area contributed by atoms with Crippen LogP contribution >= 0.6 is 11.8 Å². The molecule has 0 radical (unpaired) electrons. The van der Waals surface area contributed by atoms with Crippen LogP contribution < -0.4 is 5.32 Å². The van der Waals surface area contributed by atoms with Crippen LogP contribution in [0.4, 0.5) is 18.9 Å². The standard InChI is InChI=1S/C13H13F3N2S/c14-13(15,16)12-4-3-10(6-9(12)7-17)18-8-11-2-1-5-19-11/h3-4,6,11,18H,1-2,5,8H2. The minimum absolute atomic E-state index is 0.337. The quantitative estimate of drug-likeness (QED) is 0.915. The number of benzene rings is 1. The highest BCUT2D eigenvalue weighted by Crippen LogP contribution is 2.33. The van der Waals surface area contributed by atoms with Gasteiger partial charge in [-0.05, 0) is 36.8 Å². The molecule has 19 heavy (non-hydrogen) atoms. The molecule has 1 fully saturated rings. The van der Waals surface area contributed by atoms with Crippen LogP contribution in [0.2, 0.25) is 0 Å². The molecule has 0 amide bonds. The van der Waals surface area contributed by atoms with Crippen LogP contribution in [0.5, 0.6) is 0 Å². The molecule has 1 saturated heterocycles. The third-order valence-electron chi connectivity index (χ3n) is 3.00. The van der Waals surface area contributed by atoms with Crippen LogP contribution in [0, 0.1) is 11.3 Å². The van der Waals surface area contributed by atoms with Crippen LogP contribution in [0.1, 0.15) is 24.0 Å². The molecule has 1 heterocycles. The van der Waals surface area contributed by atoms with Gasteiger partial charge in [0.05, 0.1) is 17.2 Å². The number of nitrogens with one attached hydrogen (secondary N) is 1. The van der Waals surface area contributed by atoms with E-state index < -0.39 is 11.7 Å². The average molecular weight is 286 g/mol. The highest BCUT2D eigenvalue weighted by Gasteiger charge is 2.33. The van der Waals surface area contributed by atoms with Crippen molar-refractivity contribution in [3.8, 4) is 6.07 Å². The Kier molecular flexibility index (Phi) is 4.25. The SMILES string of the molecule is N#Cc1cc(NCC2CCCS2)ccc1C(F)(F)F. The van der Waals surface area contributed by atoms with Gasteiger partial charge in [0.1, 0.15) is 0 Å². The summed E-state index contributed by atoms with van der Waals surface area (Å²) >= 11 is 1.87. The Balaban J connectivity index is 2.08. The van der Waals surface area contributed by atoms with Gasteiger partial charge in [0.2, 0.25) is 0 Å². The van der Waals surface area contributed by atoms with E-state index in [9.17, 15) is 13.2 Å². The van der Waals surface area contributed by atoms with Crippen LogP contribution in [-0.4, -0.2) is 17.5 Å². The molecule has 0 saturated carbocycles. The van der Waals surface area contributed by atoms with Gasteiger partial charge in [0, 0.05) is 17.5 Å². The summed E-state index contributed by atoms with van der Waals surface area (Å²) in [5.74, 6) is 1.14. The Morgan fingerprint density at radius 1 is 1.42 bits per heavy atom. The number of thioether (sulfide) groups is 1. The number of halogens is 3. The summed E-state index contributed by atoms with van der Waals surface area (Å²) in [5.41, 5.74) is -0.649. The van der Waals surface area contributed by atoms with E-state index >= 15 is 0 Å². The van der Waals surface area contributed by atoms with Crippen molar-refractivity contribution in [1.29, 1.82) is 5.26 Å². The zero-order valence-electron chi connectivity index (χ0n) is 10.1. The largest absolute Gasteiger partial charge is 0.417 e. The Hall–Kier alpha value is -1.35. The summed E-state index contributed by atoms with van der Waals surface area (Å²) in [6.07, 6.45) is -2.16. The first-order valence-electron chi connectivity index (χ1n) is 5.97. The van der Waals surface area contributed by atoms with Crippen molar-refractivity contribution < 1.29 is 13.2 Å². The lowest BCUT2D eigenvalue weighted by Crippen LogP contribution is -2.14. The molecule has 2 nitrogen and oxygen atoms in total. The van der Waals surface area contributed by atoms with Crippen LogP contribution in [0.3, 0.4) is 0 Å². The van der Waals surface area contributed by atoms with Gasteiger partial charge in [0.15, 0.2) is 0 Å². The third-order valence-corrected chi connectivity index (χ3v) is 4.40. The topological polar surface area (TPSA) is 35.8 Å². The fourth-order valence-electron chi connectivity index (χ4n) is 2.03. The van der Waals surface area contributed by atoms with Crippen LogP contribution in [0.25, 0.3) is 0 Å². The predicted molar refractivity (Wildman–Crippen MR) is 70.1 cm³/mol. The third kappa shape index (κ3) is 3.57. The second-order valence-electron chi connectivity index (χ2n) is 4.39. The van der Waals surface area contributed by atoms with Crippen molar-refractivity contribution in [2.75, 3.05) is 17.6 Å². The molecular formula is C13H13F3N2S. The number of rotatable bonds is 3. The second kappa shape index (κ2) is 5.74. The van der Waals surface area contributed by atoms with Crippen molar-refractivity contribution in [1.82, 2.24) is 0 Å². The Morgan fingerprint density at radius 3 is 2.79 bits per heavy atom. The lowest BCUT2D eigenvalue weighted by molar-refractivity contribution is -0.137. The number of alkyl halides is 3. The summed E-state index contributed by atoms with van der Waals surface area (Å²) in [5, 5.41) is 12.4. The first kappa shape index (κ1) is 14.1. The number of anilines is 1. The maximum Gasteiger partial charge on any atom is 0.417 e. The van der Waals surface area contributed by atoms with E-state index in [1.807, 2.05) is 11.8 Å². The number of nitrogens with zero attached hydrogens (tertiary/aromatic N) is 1. The molecule has 0 spiro atoms. The summed E-state index contributed by atoms with van der Waals surface area (Å²) in [7, 11) is 0. The maximum absolute atomic E-state index is 12.6. The van der Waals surface area contributed by atoms with Crippen molar-refractivity contribution >= 4 is 17.4 Å². The van der Waals surface area contributed by atoms with E-state index in [1.165, 1.54) is 18.6 Å². The lowest BCUT2D eigenvalue weighted by Gasteiger charge is -2.13. The highest BCUT2D eigenvalue weighted by atomic mass is 32.2. The lowest BCUT2D eigenvalue weighted by atomic mass is 10.1. The van der Waals surface area contributed by atoms with Gasteiger partial charge in [-0.15, -0.1) is 0 Å². The van der Waals surface area contributed by atoms with Crippen molar-refractivity contribution in [2.45, 2.75) is 24.3 Å². The molecule has 1 aromatic rings. The van der Waals surface area contributed by atoms with Gasteiger partial charge in [-0.25, -0.2) is 0 Å². The van der Waals surface area contributed by atoms with E-state index in [0.29, 0.717) is 10.9 Å². The minimum Gasteiger partial charge on any atom is -0.384 e. The van der Waals surface area contributed by atoms with E-state index in [0.717, 1.165) is 24.8 Å². The maximum atomic E-state index is 12.6. The molecule has 6 heteroatoms. The fraction of sp³-hybridized carbons (Fsp3) is 0.462. The van der Waals surface area contributed by atoms with Gasteiger partial charge < -0.3 is 5.32 Å². The Labute approximate surface area is 114 Å². The molecule has 1 aliphatic rings. The molecule has 0 bridgehead atoms.